The van der Waals surface area contributed by atoms with Crippen LogP contribution in [0.2, 0.25) is 0 Å². The van der Waals surface area contributed by atoms with Crippen molar-refractivity contribution in [2.24, 2.45) is 0 Å². The maximum Gasteiger partial charge on any atom is 0.0931 e. The van der Waals surface area contributed by atoms with Crippen LogP contribution in [0.1, 0.15) is 0 Å². The van der Waals surface area contributed by atoms with Crippen molar-refractivity contribution in [1.82, 2.24) is 40.3 Å². The predicted molar refractivity (Wildman–Crippen MR) is 132 cm³/mol. The van der Waals surface area contributed by atoms with Gasteiger partial charge in [-0.3, -0.25) is 10.2 Å². The van der Waals surface area contributed by atoms with E-state index < -0.39 is 0 Å². The zero-order valence-corrected chi connectivity index (χ0v) is 17.9. The van der Waals surface area contributed by atoms with Crippen molar-refractivity contribution in [2.75, 3.05) is 0 Å². The highest BCUT2D eigenvalue weighted by molar-refractivity contribution is 5.83. The molecule has 0 amide bonds. The van der Waals surface area contributed by atoms with E-state index in [0.717, 1.165) is 67.1 Å². The smallest absolute Gasteiger partial charge is 0.0931 e. The highest BCUT2D eigenvalue weighted by atomic mass is 15.1. The number of H-pyrrole nitrogens is 4. The van der Waals surface area contributed by atoms with Gasteiger partial charge in [-0.1, -0.05) is 30.3 Å². The van der Waals surface area contributed by atoms with Gasteiger partial charge in [-0.2, -0.15) is 10.2 Å². The number of nitrogens with one attached hydrogen (secondary N) is 4. The molecule has 4 N–H and O–H groups in total. The number of benzene rings is 3. The normalized spacial score (nSPS) is 11.5. The Morgan fingerprint density at radius 3 is 1.56 bits per heavy atom. The molecule has 34 heavy (non-hydrogen) atoms. The number of fused-ring (bicyclic) bond motifs is 2. The number of nitrogens with zero attached hydrogens (tertiary/aromatic N) is 4. The molecule has 8 heteroatoms. The molecule has 0 saturated carbocycles. The van der Waals surface area contributed by atoms with Crippen LogP contribution >= 0.6 is 0 Å². The highest BCUT2D eigenvalue weighted by Crippen LogP contribution is 2.30. The molecule has 0 saturated heterocycles. The molecule has 0 fully saturated rings. The summed E-state index contributed by atoms with van der Waals surface area (Å²) in [6.07, 6.45) is 3.41. The summed E-state index contributed by atoms with van der Waals surface area (Å²) < 4.78 is 0. The van der Waals surface area contributed by atoms with Crippen LogP contribution in [0.4, 0.5) is 0 Å². The van der Waals surface area contributed by atoms with Crippen molar-refractivity contribution in [3.05, 3.63) is 85.5 Å². The molecule has 4 heterocycles. The van der Waals surface area contributed by atoms with Gasteiger partial charge in [0, 0.05) is 22.3 Å². The Labute approximate surface area is 193 Å². The van der Waals surface area contributed by atoms with Gasteiger partial charge < -0.3 is 9.97 Å². The number of aromatic amines is 4. The summed E-state index contributed by atoms with van der Waals surface area (Å²) in [5.41, 5.74) is 11.7. The predicted octanol–water partition coefficient (Wildman–Crippen LogP) is 5.55. The molecule has 4 aromatic heterocycles. The van der Waals surface area contributed by atoms with Gasteiger partial charge in [0.05, 0.1) is 57.5 Å². The second kappa shape index (κ2) is 7.28. The molecule has 0 bridgehead atoms. The van der Waals surface area contributed by atoms with E-state index >= 15 is 0 Å². The molecule has 0 unspecified atom stereocenters. The van der Waals surface area contributed by atoms with E-state index in [0.29, 0.717) is 0 Å². The minimum Gasteiger partial charge on any atom is -0.345 e. The molecule has 0 aliphatic heterocycles. The lowest BCUT2D eigenvalue weighted by Crippen LogP contribution is -1.82. The van der Waals surface area contributed by atoms with Crippen molar-refractivity contribution in [3.63, 3.8) is 0 Å². The molecular formula is C26H18N8. The summed E-state index contributed by atoms with van der Waals surface area (Å²) in [6, 6.07) is 24.6. The molecular weight excluding hydrogens is 424 g/mol. The van der Waals surface area contributed by atoms with Gasteiger partial charge in [-0.05, 0) is 42.5 Å². The van der Waals surface area contributed by atoms with Crippen LogP contribution in [0, 0.1) is 0 Å². The Morgan fingerprint density at radius 1 is 0.500 bits per heavy atom. The van der Waals surface area contributed by atoms with Gasteiger partial charge >= 0.3 is 0 Å². The molecule has 0 spiro atoms. The number of rotatable bonds is 4. The maximum atomic E-state index is 4.55. The molecule has 7 aromatic rings. The fraction of sp³-hybridized carbons (Fsp3) is 0. The van der Waals surface area contributed by atoms with Crippen LogP contribution in [0.25, 0.3) is 67.1 Å². The van der Waals surface area contributed by atoms with Crippen LogP contribution < -0.4 is 0 Å². The minimum absolute atomic E-state index is 0.877. The van der Waals surface area contributed by atoms with Gasteiger partial charge in [0.1, 0.15) is 0 Å². The van der Waals surface area contributed by atoms with E-state index in [4.69, 9.17) is 0 Å². The first-order valence-corrected chi connectivity index (χ1v) is 10.9. The minimum atomic E-state index is 0.877. The van der Waals surface area contributed by atoms with Gasteiger partial charge in [0.15, 0.2) is 0 Å². The average molecular weight is 442 g/mol. The SMILES string of the molecule is c1cc(-c2cc(-c3ccc4nc[nH]c4c3)[nH]n2)cc(-c2cc(-c3ccc4nc[nH]c4c3)[nH]n2)c1. The first-order valence-electron chi connectivity index (χ1n) is 10.9. The van der Waals surface area contributed by atoms with Crippen LogP contribution in [0.15, 0.2) is 85.5 Å². The second-order valence-electron chi connectivity index (χ2n) is 8.18. The summed E-state index contributed by atoms with van der Waals surface area (Å²) in [4.78, 5) is 14.9. The summed E-state index contributed by atoms with van der Waals surface area (Å²) in [6.45, 7) is 0. The quantitative estimate of drug-likeness (QED) is 0.286. The Hall–Kier alpha value is -4.98. The van der Waals surface area contributed by atoms with Crippen molar-refractivity contribution in [1.29, 1.82) is 0 Å². The first kappa shape index (κ1) is 18.6. The molecule has 0 aliphatic rings. The monoisotopic (exact) mass is 442 g/mol. The number of imidazole rings is 2. The van der Waals surface area contributed by atoms with Crippen LogP contribution in [-0.2, 0) is 0 Å². The van der Waals surface area contributed by atoms with Gasteiger partial charge in [-0.25, -0.2) is 9.97 Å². The van der Waals surface area contributed by atoms with Gasteiger partial charge in [-0.15, -0.1) is 0 Å². The molecule has 0 aliphatic carbocycles. The van der Waals surface area contributed by atoms with E-state index in [1.807, 2.05) is 30.3 Å². The topological polar surface area (TPSA) is 115 Å². The zero-order chi connectivity index (χ0) is 22.5. The molecule has 3 aromatic carbocycles. The highest BCUT2D eigenvalue weighted by Gasteiger charge is 2.11. The Bertz CT molecular complexity index is 1650. The zero-order valence-electron chi connectivity index (χ0n) is 17.9. The lowest BCUT2D eigenvalue weighted by Gasteiger charge is -2.00. The standard InChI is InChI=1S/C26H18N8/c1-2-15(21-11-23(33-31-21)17-4-6-19-25(9-17)29-13-27-19)8-16(3-1)22-12-24(34-32-22)18-5-7-20-26(10-18)30-14-28-20/h1-14H,(H,27,29)(H,28,30)(H,31,33)(H,32,34). The second-order valence-corrected chi connectivity index (χ2v) is 8.18. The molecule has 0 radical (unpaired) electrons. The molecule has 8 nitrogen and oxygen atoms in total. The largest absolute Gasteiger partial charge is 0.345 e. The first-order chi connectivity index (χ1) is 16.8. The molecule has 0 atom stereocenters. The summed E-state index contributed by atoms with van der Waals surface area (Å²) in [5, 5.41) is 15.4. The Kier molecular flexibility index (Phi) is 3.98. The van der Waals surface area contributed by atoms with E-state index in [-0.39, 0.29) is 0 Å². The van der Waals surface area contributed by atoms with Crippen molar-refractivity contribution in [3.8, 4) is 45.0 Å². The molecule has 7 rings (SSSR count). The lowest BCUT2D eigenvalue weighted by atomic mass is 10.0. The van der Waals surface area contributed by atoms with Crippen LogP contribution in [0.5, 0.6) is 0 Å². The average Bonchev–Trinajstić information content (AvgIpc) is 3.69. The van der Waals surface area contributed by atoms with E-state index in [2.05, 4.69) is 82.8 Å². The molecule has 162 valence electrons. The number of hydrogen-bond donors (Lipinski definition) is 4. The summed E-state index contributed by atoms with van der Waals surface area (Å²) >= 11 is 0. The van der Waals surface area contributed by atoms with Crippen molar-refractivity contribution >= 4 is 22.1 Å². The summed E-state index contributed by atoms with van der Waals surface area (Å²) in [5.74, 6) is 0. The van der Waals surface area contributed by atoms with E-state index in [1.165, 1.54) is 0 Å². The van der Waals surface area contributed by atoms with Crippen molar-refractivity contribution in [2.45, 2.75) is 0 Å². The van der Waals surface area contributed by atoms with Gasteiger partial charge in [0.2, 0.25) is 0 Å². The van der Waals surface area contributed by atoms with Crippen LogP contribution in [-0.4, -0.2) is 40.3 Å². The lowest BCUT2D eigenvalue weighted by molar-refractivity contribution is 1.10. The fourth-order valence-electron chi connectivity index (χ4n) is 4.28. The number of aromatic nitrogens is 8. The van der Waals surface area contributed by atoms with E-state index in [9.17, 15) is 0 Å². The summed E-state index contributed by atoms with van der Waals surface area (Å²) in [7, 11) is 0. The Morgan fingerprint density at radius 2 is 1.03 bits per heavy atom. The third kappa shape index (κ3) is 3.08. The Balaban J connectivity index is 1.20. The third-order valence-electron chi connectivity index (χ3n) is 6.07. The van der Waals surface area contributed by atoms with E-state index in [1.54, 1.807) is 12.7 Å². The number of hydrogen-bond acceptors (Lipinski definition) is 4. The maximum absolute atomic E-state index is 4.55. The van der Waals surface area contributed by atoms with Gasteiger partial charge in [0.25, 0.3) is 0 Å². The van der Waals surface area contributed by atoms with Crippen LogP contribution in [0.3, 0.4) is 0 Å². The fourth-order valence-corrected chi connectivity index (χ4v) is 4.28. The third-order valence-corrected chi connectivity index (χ3v) is 6.07. The van der Waals surface area contributed by atoms with Crippen molar-refractivity contribution < 1.29 is 0 Å².